The first-order valence-electron chi connectivity index (χ1n) is 5.97. The van der Waals surface area contributed by atoms with Crippen molar-refractivity contribution in [3.63, 3.8) is 0 Å². The van der Waals surface area contributed by atoms with E-state index in [1.54, 1.807) is 17.5 Å². The Morgan fingerprint density at radius 1 is 1.29 bits per heavy atom. The van der Waals surface area contributed by atoms with E-state index < -0.39 is 0 Å². The lowest BCUT2D eigenvalue weighted by molar-refractivity contribution is 0.0729. The number of nitrogens with zero attached hydrogens (tertiary/aromatic N) is 2. The molecule has 88 valence electrons. The Labute approximate surface area is 104 Å². The second-order valence-electron chi connectivity index (χ2n) is 4.38. The summed E-state index contributed by atoms with van der Waals surface area (Å²) in [6, 6.07) is 3.94. The standard InChI is InChI=1S/C13H14N2OS/c16-13(15-6-2-1-3-7-15)11-8-10-4-5-14-9-12(10)17-11/h4-5,8-9H,1-3,6-7H2. The second kappa shape index (κ2) is 4.45. The van der Waals surface area contributed by atoms with Crippen LogP contribution in [0.1, 0.15) is 28.9 Å². The van der Waals surface area contributed by atoms with Crippen LogP contribution in [-0.2, 0) is 0 Å². The van der Waals surface area contributed by atoms with Crippen LogP contribution in [0.4, 0.5) is 0 Å². The minimum Gasteiger partial charge on any atom is -0.338 e. The zero-order valence-electron chi connectivity index (χ0n) is 9.56. The molecule has 1 aliphatic heterocycles. The van der Waals surface area contributed by atoms with Gasteiger partial charge in [0.25, 0.3) is 5.91 Å². The molecule has 3 rings (SSSR count). The third-order valence-electron chi connectivity index (χ3n) is 3.18. The summed E-state index contributed by atoms with van der Waals surface area (Å²) >= 11 is 1.55. The molecule has 0 radical (unpaired) electrons. The summed E-state index contributed by atoms with van der Waals surface area (Å²) in [6.45, 7) is 1.82. The molecule has 0 atom stereocenters. The van der Waals surface area contributed by atoms with Gasteiger partial charge in [-0.1, -0.05) is 0 Å². The molecule has 4 heteroatoms. The van der Waals surface area contributed by atoms with Crippen molar-refractivity contribution < 1.29 is 4.79 Å². The van der Waals surface area contributed by atoms with Crippen molar-refractivity contribution in [1.29, 1.82) is 0 Å². The van der Waals surface area contributed by atoms with E-state index in [9.17, 15) is 4.79 Å². The van der Waals surface area contributed by atoms with Gasteiger partial charge in [0.2, 0.25) is 0 Å². The lowest BCUT2D eigenvalue weighted by Gasteiger charge is -2.26. The van der Waals surface area contributed by atoms with Crippen LogP contribution in [0.5, 0.6) is 0 Å². The number of amides is 1. The van der Waals surface area contributed by atoms with Crippen LogP contribution in [0, 0.1) is 0 Å². The number of thiophene rings is 1. The van der Waals surface area contributed by atoms with Gasteiger partial charge in [-0.2, -0.15) is 0 Å². The van der Waals surface area contributed by atoms with Crippen LogP contribution in [-0.4, -0.2) is 28.9 Å². The van der Waals surface area contributed by atoms with Crippen molar-refractivity contribution >= 4 is 27.3 Å². The predicted octanol–water partition coefficient (Wildman–Crippen LogP) is 2.92. The Hall–Kier alpha value is -1.42. The van der Waals surface area contributed by atoms with E-state index >= 15 is 0 Å². The number of carbonyl (C=O) groups is 1. The van der Waals surface area contributed by atoms with E-state index in [0.717, 1.165) is 40.9 Å². The van der Waals surface area contributed by atoms with E-state index in [4.69, 9.17) is 0 Å². The SMILES string of the molecule is O=C(c1cc2ccncc2s1)N1CCCCC1. The molecule has 0 N–H and O–H groups in total. The Bertz CT molecular complexity index is 510. The molecule has 3 heterocycles. The van der Waals surface area contributed by atoms with Crippen molar-refractivity contribution in [3.8, 4) is 0 Å². The summed E-state index contributed by atoms with van der Waals surface area (Å²) in [5.41, 5.74) is 0. The van der Waals surface area contributed by atoms with Gasteiger partial charge in [-0.05, 0) is 36.8 Å². The molecule has 1 amide bonds. The Kier molecular flexibility index (Phi) is 2.81. The largest absolute Gasteiger partial charge is 0.338 e. The molecule has 0 aliphatic carbocycles. The van der Waals surface area contributed by atoms with Gasteiger partial charge < -0.3 is 4.90 Å². The van der Waals surface area contributed by atoms with Crippen LogP contribution < -0.4 is 0 Å². The molecule has 1 saturated heterocycles. The van der Waals surface area contributed by atoms with E-state index in [0.29, 0.717) is 0 Å². The quantitative estimate of drug-likeness (QED) is 0.775. The van der Waals surface area contributed by atoms with Gasteiger partial charge >= 0.3 is 0 Å². The fourth-order valence-electron chi connectivity index (χ4n) is 2.24. The summed E-state index contributed by atoms with van der Waals surface area (Å²) in [7, 11) is 0. The third-order valence-corrected chi connectivity index (χ3v) is 4.25. The van der Waals surface area contributed by atoms with E-state index in [1.165, 1.54) is 6.42 Å². The number of hydrogen-bond acceptors (Lipinski definition) is 3. The molecule has 1 fully saturated rings. The molecule has 0 spiro atoms. The maximum Gasteiger partial charge on any atom is 0.263 e. The normalized spacial score (nSPS) is 16.4. The van der Waals surface area contributed by atoms with E-state index in [1.807, 2.05) is 23.2 Å². The maximum atomic E-state index is 12.3. The van der Waals surface area contributed by atoms with Gasteiger partial charge in [0, 0.05) is 25.5 Å². The average molecular weight is 246 g/mol. The predicted molar refractivity (Wildman–Crippen MR) is 69.4 cm³/mol. The van der Waals surface area contributed by atoms with Crippen molar-refractivity contribution in [1.82, 2.24) is 9.88 Å². The van der Waals surface area contributed by atoms with Gasteiger partial charge in [-0.15, -0.1) is 11.3 Å². The molecule has 0 aromatic carbocycles. The summed E-state index contributed by atoms with van der Waals surface area (Å²) in [4.78, 5) is 19.2. The molecule has 3 nitrogen and oxygen atoms in total. The van der Waals surface area contributed by atoms with E-state index in [2.05, 4.69) is 4.98 Å². The minimum absolute atomic E-state index is 0.186. The summed E-state index contributed by atoms with van der Waals surface area (Å²) in [5, 5.41) is 1.12. The number of aromatic nitrogens is 1. The van der Waals surface area contributed by atoms with E-state index in [-0.39, 0.29) is 5.91 Å². The minimum atomic E-state index is 0.186. The topological polar surface area (TPSA) is 33.2 Å². The van der Waals surface area contributed by atoms with Crippen LogP contribution >= 0.6 is 11.3 Å². The lowest BCUT2D eigenvalue weighted by Crippen LogP contribution is -2.35. The first kappa shape index (κ1) is 10.7. The number of rotatable bonds is 1. The van der Waals surface area contributed by atoms with Gasteiger partial charge in [-0.3, -0.25) is 9.78 Å². The Balaban J connectivity index is 1.89. The zero-order chi connectivity index (χ0) is 11.7. The van der Waals surface area contributed by atoms with Crippen LogP contribution in [0.15, 0.2) is 24.5 Å². The van der Waals surface area contributed by atoms with Crippen LogP contribution in [0.25, 0.3) is 10.1 Å². The van der Waals surface area contributed by atoms with Crippen LogP contribution in [0.3, 0.4) is 0 Å². The molecule has 0 bridgehead atoms. The van der Waals surface area contributed by atoms with Crippen molar-refractivity contribution in [2.75, 3.05) is 13.1 Å². The zero-order valence-corrected chi connectivity index (χ0v) is 10.4. The molecule has 0 unspecified atom stereocenters. The summed E-state index contributed by atoms with van der Waals surface area (Å²) < 4.78 is 1.09. The molecular formula is C13H14N2OS. The van der Waals surface area contributed by atoms with Gasteiger partial charge in [-0.25, -0.2) is 0 Å². The summed E-state index contributed by atoms with van der Waals surface area (Å²) in [6.07, 6.45) is 7.12. The van der Waals surface area contributed by atoms with Gasteiger partial charge in [0.1, 0.15) is 0 Å². The third kappa shape index (κ3) is 2.05. The highest BCUT2D eigenvalue weighted by molar-refractivity contribution is 7.20. The fourth-order valence-corrected chi connectivity index (χ4v) is 3.24. The van der Waals surface area contributed by atoms with Crippen LogP contribution in [0.2, 0.25) is 0 Å². The van der Waals surface area contributed by atoms with Crippen molar-refractivity contribution in [2.24, 2.45) is 0 Å². The second-order valence-corrected chi connectivity index (χ2v) is 5.46. The fraction of sp³-hybridized carbons (Fsp3) is 0.385. The summed E-state index contributed by atoms with van der Waals surface area (Å²) in [5.74, 6) is 0.186. The molecule has 0 saturated carbocycles. The van der Waals surface area contributed by atoms with Crippen molar-refractivity contribution in [3.05, 3.63) is 29.4 Å². The first-order valence-corrected chi connectivity index (χ1v) is 6.79. The van der Waals surface area contributed by atoms with Gasteiger partial charge in [0.15, 0.2) is 0 Å². The number of fused-ring (bicyclic) bond motifs is 1. The van der Waals surface area contributed by atoms with Gasteiger partial charge in [0.05, 0.1) is 9.58 Å². The number of likely N-dealkylation sites (tertiary alicyclic amines) is 1. The number of carbonyl (C=O) groups excluding carboxylic acids is 1. The molecule has 2 aromatic heterocycles. The Morgan fingerprint density at radius 3 is 2.88 bits per heavy atom. The monoisotopic (exact) mass is 246 g/mol. The molecule has 1 aliphatic rings. The van der Waals surface area contributed by atoms with Crippen molar-refractivity contribution in [2.45, 2.75) is 19.3 Å². The highest BCUT2D eigenvalue weighted by Crippen LogP contribution is 2.26. The Morgan fingerprint density at radius 2 is 2.12 bits per heavy atom. The highest BCUT2D eigenvalue weighted by Gasteiger charge is 2.19. The number of hydrogen-bond donors (Lipinski definition) is 0. The maximum absolute atomic E-state index is 12.3. The first-order chi connectivity index (χ1) is 8.34. The highest BCUT2D eigenvalue weighted by atomic mass is 32.1. The molecular weight excluding hydrogens is 232 g/mol. The smallest absolute Gasteiger partial charge is 0.263 e. The molecule has 2 aromatic rings. The average Bonchev–Trinajstić information content (AvgIpc) is 2.82. The molecule has 17 heavy (non-hydrogen) atoms. The lowest BCUT2D eigenvalue weighted by atomic mass is 10.1. The number of piperidine rings is 1. The number of pyridine rings is 1.